The monoisotopic (exact) mass is 816 g/mol. The molecule has 14 aromatic rings. The molecule has 4 aromatic heterocycles. The highest BCUT2D eigenvalue weighted by Crippen LogP contribution is 2.43. The number of hydrogen-bond acceptors (Lipinski definition) is 2. The number of para-hydroxylation sites is 4. The molecule has 64 heavy (non-hydrogen) atoms. The molecule has 0 fully saturated rings. The molecule has 4 nitrogen and oxygen atoms in total. The first kappa shape index (κ1) is 35.0. The van der Waals surface area contributed by atoms with E-state index in [9.17, 15) is 0 Å². The first-order valence-electron chi connectivity index (χ1n) is 21.8. The van der Waals surface area contributed by atoms with Crippen molar-refractivity contribution in [3.8, 4) is 44.8 Å². The van der Waals surface area contributed by atoms with Gasteiger partial charge in [-0.2, -0.15) is 0 Å². The molecule has 0 N–H and O–H groups in total. The van der Waals surface area contributed by atoms with Crippen molar-refractivity contribution in [3.05, 3.63) is 218 Å². The molecule has 0 bridgehead atoms. The van der Waals surface area contributed by atoms with Gasteiger partial charge in [0.2, 0.25) is 0 Å². The van der Waals surface area contributed by atoms with E-state index in [4.69, 9.17) is 8.83 Å². The molecular weight excluding hydrogens is 781 g/mol. The summed E-state index contributed by atoms with van der Waals surface area (Å²) in [6.45, 7) is 0. The van der Waals surface area contributed by atoms with Crippen LogP contribution >= 0.6 is 0 Å². The third-order valence-electron chi connectivity index (χ3n) is 13.3. The van der Waals surface area contributed by atoms with Gasteiger partial charge in [0.1, 0.15) is 22.3 Å². The number of rotatable bonds is 5. The van der Waals surface area contributed by atoms with E-state index >= 15 is 0 Å². The van der Waals surface area contributed by atoms with E-state index in [1.165, 1.54) is 43.7 Å². The van der Waals surface area contributed by atoms with Gasteiger partial charge in [0.25, 0.3) is 0 Å². The number of aromatic nitrogens is 2. The SMILES string of the molecule is c1cc(-c2cccc3oc4ccccc4c23)cc(-n2c3ccccc3c3ccc(-c4cccc5c4c4ccccc4n5-c4cccc(-c5cccc6oc7ccccc7c56)c4)cc32)c1. The van der Waals surface area contributed by atoms with Gasteiger partial charge in [-0.15, -0.1) is 0 Å². The average molecular weight is 817 g/mol. The van der Waals surface area contributed by atoms with Gasteiger partial charge >= 0.3 is 0 Å². The van der Waals surface area contributed by atoms with E-state index in [0.717, 1.165) is 88.5 Å². The fourth-order valence-corrected chi connectivity index (χ4v) is 10.6. The molecule has 0 saturated carbocycles. The molecule has 14 rings (SSSR count). The Labute approximate surface area is 367 Å². The quantitative estimate of drug-likeness (QED) is 0.173. The Morgan fingerprint density at radius 1 is 0.250 bits per heavy atom. The highest BCUT2D eigenvalue weighted by molar-refractivity contribution is 6.18. The van der Waals surface area contributed by atoms with E-state index in [-0.39, 0.29) is 0 Å². The molecule has 0 unspecified atom stereocenters. The topological polar surface area (TPSA) is 36.1 Å². The van der Waals surface area contributed by atoms with Crippen LogP contribution in [0.3, 0.4) is 0 Å². The van der Waals surface area contributed by atoms with Gasteiger partial charge in [-0.3, -0.25) is 0 Å². The summed E-state index contributed by atoms with van der Waals surface area (Å²) in [4.78, 5) is 0. The van der Waals surface area contributed by atoms with Crippen LogP contribution in [0.25, 0.3) is 132 Å². The molecule has 0 aliphatic heterocycles. The van der Waals surface area contributed by atoms with E-state index in [1.807, 2.05) is 24.3 Å². The summed E-state index contributed by atoms with van der Waals surface area (Å²) in [7, 11) is 0. The maximum atomic E-state index is 6.31. The lowest BCUT2D eigenvalue weighted by molar-refractivity contribution is 0.668. The molecule has 0 aliphatic carbocycles. The first-order chi connectivity index (χ1) is 31.7. The van der Waals surface area contributed by atoms with Crippen molar-refractivity contribution in [2.45, 2.75) is 0 Å². The Morgan fingerprint density at radius 2 is 0.672 bits per heavy atom. The van der Waals surface area contributed by atoms with Crippen molar-refractivity contribution in [1.82, 2.24) is 9.13 Å². The summed E-state index contributed by atoms with van der Waals surface area (Å²) in [5.74, 6) is 0. The van der Waals surface area contributed by atoms with Crippen LogP contribution in [0.2, 0.25) is 0 Å². The van der Waals surface area contributed by atoms with Crippen LogP contribution in [0.4, 0.5) is 0 Å². The largest absolute Gasteiger partial charge is 0.456 e. The van der Waals surface area contributed by atoms with Crippen LogP contribution in [0.15, 0.2) is 227 Å². The van der Waals surface area contributed by atoms with Gasteiger partial charge < -0.3 is 18.0 Å². The zero-order chi connectivity index (χ0) is 41.9. The number of fused-ring (bicyclic) bond motifs is 12. The lowest BCUT2D eigenvalue weighted by atomic mass is 9.98. The summed E-state index contributed by atoms with van der Waals surface area (Å²) >= 11 is 0. The third-order valence-corrected chi connectivity index (χ3v) is 13.3. The molecule has 4 heteroatoms. The number of hydrogen-bond donors (Lipinski definition) is 0. The van der Waals surface area contributed by atoms with Crippen LogP contribution in [-0.2, 0) is 0 Å². The Bertz CT molecular complexity index is 4210. The maximum Gasteiger partial charge on any atom is 0.136 e. The van der Waals surface area contributed by atoms with Gasteiger partial charge in [-0.1, -0.05) is 146 Å². The van der Waals surface area contributed by atoms with Crippen molar-refractivity contribution < 1.29 is 8.83 Å². The molecule has 0 saturated heterocycles. The zero-order valence-electron chi connectivity index (χ0n) is 34.5. The first-order valence-corrected chi connectivity index (χ1v) is 21.8. The molecule has 10 aromatic carbocycles. The van der Waals surface area contributed by atoms with Crippen LogP contribution in [0.1, 0.15) is 0 Å². The fourth-order valence-electron chi connectivity index (χ4n) is 10.6. The van der Waals surface area contributed by atoms with Crippen LogP contribution in [0, 0.1) is 0 Å². The van der Waals surface area contributed by atoms with Gasteiger partial charge in [0, 0.05) is 54.5 Å². The summed E-state index contributed by atoms with van der Waals surface area (Å²) < 4.78 is 17.5. The van der Waals surface area contributed by atoms with E-state index in [1.54, 1.807) is 0 Å². The predicted molar refractivity (Wildman–Crippen MR) is 266 cm³/mol. The highest BCUT2D eigenvalue weighted by Gasteiger charge is 2.20. The zero-order valence-corrected chi connectivity index (χ0v) is 34.5. The van der Waals surface area contributed by atoms with Gasteiger partial charge in [-0.05, 0) is 106 Å². The minimum atomic E-state index is 0.898. The fraction of sp³-hybridized carbons (Fsp3) is 0. The van der Waals surface area contributed by atoms with Crippen LogP contribution < -0.4 is 0 Å². The van der Waals surface area contributed by atoms with Gasteiger partial charge in [-0.25, -0.2) is 0 Å². The number of nitrogens with zero attached hydrogens (tertiary/aromatic N) is 2. The lowest BCUT2D eigenvalue weighted by Crippen LogP contribution is -1.95. The molecule has 0 aliphatic rings. The maximum absolute atomic E-state index is 6.31. The molecular formula is C60H36N2O2. The van der Waals surface area contributed by atoms with Crippen LogP contribution in [0.5, 0.6) is 0 Å². The standard InChI is InChI=1S/C60H36N2O2/c1-5-25-50-45(18-1)46-33-32-39(36-53(46)62(50)41-17-10-15-38(35-41)44-24-13-31-57-60(44)49-21-4-8-29-55(49)64-57)42-22-11-27-52-58(42)47-19-2-6-26-51(47)61(52)40-16-9-14-37(34-40)43-23-12-30-56-59(43)48-20-3-7-28-54(48)63-56/h1-36H. The molecule has 0 atom stereocenters. The van der Waals surface area contributed by atoms with E-state index in [0.29, 0.717) is 0 Å². The Balaban J connectivity index is 0.953. The summed E-state index contributed by atoms with van der Waals surface area (Å²) in [5, 5.41) is 9.44. The lowest BCUT2D eigenvalue weighted by Gasteiger charge is -2.13. The minimum absolute atomic E-state index is 0.898. The average Bonchev–Trinajstić information content (AvgIpc) is 4.11. The van der Waals surface area contributed by atoms with Crippen molar-refractivity contribution >= 4 is 87.5 Å². The third kappa shape index (κ3) is 5.05. The minimum Gasteiger partial charge on any atom is -0.456 e. The summed E-state index contributed by atoms with van der Waals surface area (Å²) in [6.07, 6.45) is 0. The predicted octanol–water partition coefficient (Wildman–Crippen LogP) is 16.7. The second-order valence-corrected chi connectivity index (χ2v) is 16.8. The summed E-state index contributed by atoms with van der Waals surface area (Å²) in [5.41, 5.74) is 17.5. The molecule has 0 amide bonds. The van der Waals surface area contributed by atoms with Gasteiger partial charge in [0.05, 0.1) is 22.1 Å². The van der Waals surface area contributed by atoms with Gasteiger partial charge in [0.15, 0.2) is 0 Å². The van der Waals surface area contributed by atoms with Crippen molar-refractivity contribution in [1.29, 1.82) is 0 Å². The second-order valence-electron chi connectivity index (χ2n) is 16.8. The molecule has 4 heterocycles. The van der Waals surface area contributed by atoms with Crippen molar-refractivity contribution in [2.24, 2.45) is 0 Å². The number of benzene rings is 10. The smallest absolute Gasteiger partial charge is 0.136 e. The van der Waals surface area contributed by atoms with Crippen molar-refractivity contribution in [2.75, 3.05) is 0 Å². The van der Waals surface area contributed by atoms with Crippen molar-refractivity contribution in [3.63, 3.8) is 0 Å². The Kier molecular flexibility index (Phi) is 7.36. The molecule has 0 spiro atoms. The summed E-state index contributed by atoms with van der Waals surface area (Å²) in [6, 6.07) is 78.6. The Morgan fingerprint density at radius 3 is 1.30 bits per heavy atom. The number of furan rings is 2. The molecule has 298 valence electrons. The normalized spacial score (nSPS) is 12.1. The van der Waals surface area contributed by atoms with E-state index in [2.05, 4.69) is 203 Å². The second kappa shape index (κ2) is 13.4. The highest BCUT2D eigenvalue weighted by atomic mass is 16.3. The van der Waals surface area contributed by atoms with Crippen LogP contribution in [-0.4, -0.2) is 9.13 Å². The molecule has 0 radical (unpaired) electrons. The Hall–Kier alpha value is -8.60. The van der Waals surface area contributed by atoms with E-state index < -0.39 is 0 Å².